The van der Waals surface area contributed by atoms with Crippen LogP contribution in [-0.2, 0) is 10.0 Å². The SMILES string of the molecule is Cc1nn2cccnc2c1C(=O)N1CCN(S(=O)(=O)c2c(C)c(C)c(C)c(C)c2C)CC1. The maximum Gasteiger partial charge on any atom is 0.259 e. The summed E-state index contributed by atoms with van der Waals surface area (Å²) in [4.78, 5) is 19.6. The van der Waals surface area contributed by atoms with Crippen LogP contribution in [0.4, 0.5) is 0 Å². The van der Waals surface area contributed by atoms with E-state index in [0.717, 1.165) is 27.8 Å². The molecular formula is C23H29N5O3S. The number of sulfonamides is 1. The topological polar surface area (TPSA) is 87.9 Å². The van der Waals surface area contributed by atoms with Crippen LogP contribution in [0.15, 0.2) is 23.4 Å². The van der Waals surface area contributed by atoms with E-state index in [9.17, 15) is 13.2 Å². The molecule has 1 amide bonds. The van der Waals surface area contributed by atoms with Gasteiger partial charge in [-0.25, -0.2) is 17.9 Å². The standard InChI is InChI=1S/C23H29N5O3S/c1-14-15(2)17(4)21(18(5)16(14)3)32(30,31)27-12-10-26(11-13-27)23(29)20-19(6)25-28-9-7-8-24-22(20)28/h7-9H,10-13H2,1-6H3. The van der Waals surface area contributed by atoms with Crippen LogP contribution in [0.3, 0.4) is 0 Å². The summed E-state index contributed by atoms with van der Waals surface area (Å²) in [6.07, 6.45) is 3.39. The summed E-state index contributed by atoms with van der Waals surface area (Å²) in [6, 6.07) is 1.76. The fourth-order valence-electron chi connectivity index (χ4n) is 4.52. The zero-order valence-corrected chi connectivity index (χ0v) is 20.2. The van der Waals surface area contributed by atoms with Crippen LogP contribution in [0.1, 0.15) is 43.9 Å². The van der Waals surface area contributed by atoms with Crippen molar-refractivity contribution in [2.24, 2.45) is 0 Å². The van der Waals surface area contributed by atoms with E-state index in [2.05, 4.69) is 10.1 Å². The number of benzene rings is 1. The molecule has 8 nitrogen and oxygen atoms in total. The van der Waals surface area contributed by atoms with Gasteiger partial charge in [0.15, 0.2) is 5.65 Å². The van der Waals surface area contributed by atoms with Gasteiger partial charge in [0.2, 0.25) is 10.0 Å². The van der Waals surface area contributed by atoms with Crippen LogP contribution < -0.4 is 0 Å². The maximum absolute atomic E-state index is 13.6. The average Bonchev–Trinajstić information content (AvgIpc) is 3.11. The van der Waals surface area contributed by atoms with E-state index in [4.69, 9.17) is 0 Å². The molecular weight excluding hydrogens is 426 g/mol. The van der Waals surface area contributed by atoms with Gasteiger partial charge in [0.25, 0.3) is 5.91 Å². The summed E-state index contributed by atoms with van der Waals surface area (Å²) in [5.74, 6) is -0.164. The molecule has 1 aromatic carbocycles. The molecule has 1 fully saturated rings. The molecule has 9 heteroatoms. The normalized spacial score (nSPS) is 15.5. The largest absolute Gasteiger partial charge is 0.336 e. The van der Waals surface area contributed by atoms with Gasteiger partial charge in [-0.2, -0.15) is 9.40 Å². The molecule has 3 heterocycles. The van der Waals surface area contributed by atoms with Crippen molar-refractivity contribution in [1.82, 2.24) is 23.8 Å². The van der Waals surface area contributed by atoms with Crippen molar-refractivity contribution in [3.63, 3.8) is 0 Å². The molecule has 1 saturated heterocycles. The van der Waals surface area contributed by atoms with E-state index >= 15 is 0 Å². The lowest BCUT2D eigenvalue weighted by Crippen LogP contribution is -2.50. The fraction of sp³-hybridized carbons (Fsp3) is 0.435. The van der Waals surface area contributed by atoms with Crippen LogP contribution >= 0.6 is 0 Å². The third kappa shape index (κ3) is 3.40. The number of hydrogen-bond acceptors (Lipinski definition) is 5. The smallest absolute Gasteiger partial charge is 0.259 e. The van der Waals surface area contributed by atoms with Gasteiger partial charge in [-0.3, -0.25) is 4.79 Å². The van der Waals surface area contributed by atoms with Gasteiger partial charge in [0, 0.05) is 38.6 Å². The number of fused-ring (bicyclic) bond motifs is 1. The molecule has 1 aliphatic heterocycles. The molecule has 32 heavy (non-hydrogen) atoms. The van der Waals surface area contributed by atoms with E-state index in [1.165, 1.54) is 4.31 Å². The van der Waals surface area contributed by atoms with Crippen molar-refractivity contribution in [2.75, 3.05) is 26.2 Å². The molecule has 0 aliphatic carbocycles. The number of carbonyl (C=O) groups is 1. The Balaban J connectivity index is 1.59. The zero-order chi connectivity index (χ0) is 23.4. The van der Waals surface area contributed by atoms with Gasteiger partial charge in [0.1, 0.15) is 5.56 Å². The summed E-state index contributed by atoms with van der Waals surface area (Å²) in [5.41, 5.74) is 6.36. The number of amides is 1. The highest BCUT2D eigenvalue weighted by atomic mass is 32.2. The first-order valence-corrected chi connectivity index (χ1v) is 12.2. The molecule has 2 aromatic heterocycles. The third-order valence-corrected chi connectivity index (χ3v) is 9.01. The van der Waals surface area contributed by atoms with Gasteiger partial charge >= 0.3 is 0 Å². The Bertz CT molecular complexity index is 1310. The number of rotatable bonds is 3. The molecule has 0 bridgehead atoms. The molecule has 0 spiro atoms. The Morgan fingerprint density at radius 3 is 2.03 bits per heavy atom. The highest BCUT2D eigenvalue weighted by Gasteiger charge is 2.34. The number of aryl methyl sites for hydroxylation is 1. The summed E-state index contributed by atoms with van der Waals surface area (Å²) in [7, 11) is -3.66. The van der Waals surface area contributed by atoms with Gasteiger partial charge < -0.3 is 4.90 Å². The first-order chi connectivity index (χ1) is 15.1. The van der Waals surface area contributed by atoms with Crippen molar-refractivity contribution in [3.05, 3.63) is 57.5 Å². The van der Waals surface area contributed by atoms with Gasteiger partial charge in [-0.15, -0.1) is 0 Å². The predicted molar refractivity (Wildman–Crippen MR) is 123 cm³/mol. The Kier molecular flexibility index (Phi) is 5.58. The molecule has 4 rings (SSSR count). The Labute approximate surface area is 188 Å². The highest BCUT2D eigenvalue weighted by molar-refractivity contribution is 7.89. The monoisotopic (exact) mass is 455 g/mol. The van der Waals surface area contributed by atoms with Crippen LogP contribution in [-0.4, -0.2) is 64.3 Å². The molecule has 1 aliphatic rings. The molecule has 0 N–H and O–H groups in total. The summed E-state index contributed by atoms with van der Waals surface area (Å²) >= 11 is 0. The Morgan fingerprint density at radius 2 is 1.44 bits per heavy atom. The fourth-order valence-corrected chi connectivity index (χ4v) is 6.50. The lowest BCUT2D eigenvalue weighted by molar-refractivity contribution is 0.0699. The molecule has 0 radical (unpaired) electrons. The van der Waals surface area contributed by atoms with Crippen molar-refractivity contribution in [1.29, 1.82) is 0 Å². The first-order valence-electron chi connectivity index (χ1n) is 10.7. The molecule has 3 aromatic rings. The average molecular weight is 456 g/mol. The minimum absolute atomic E-state index is 0.164. The lowest BCUT2D eigenvalue weighted by Gasteiger charge is -2.35. The van der Waals surface area contributed by atoms with Crippen molar-refractivity contribution in [3.8, 4) is 0 Å². The summed E-state index contributed by atoms with van der Waals surface area (Å²) < 4.78 is 30.3. The number of carbonyl (C=O) groups excluding carboxylic acids is 1. The summed E-state index contributed by atoms with van der Waals surface area (Å²) in [6.45, 7) is 12.7. The van der Waals surface area contributed by atoms with Crippen LogP contribution in [0.2, 0.25) is 0 Å². The Morgan fingerprint density at radius 1 is 0.875 bits per heavy atom. The highest BCUT2D eigenvalue weighted by Crippen LogP contribution is 2.32. The van der Waals surface area contributed by atoms with E-state index < -0.39 is 10.0 Å². The second-order valence-electron chi connectivity index (χ2n) is 8.50. The van der Waals surface area contributed by atoms with E-state index in [-0.39, 0.29) is 19.0 Å². The van der Waals surface area contributed by atoms with Crippen LogP contribution in [0.5, 0.6) is 0 Å². The van der Waals surface area contributed by atoms with Gasteiger partial charge in [0.05, 0.1) is 10.6 Å². The van der Waals surface area contributed by atoms with Crippen LogP contribution in [0.25, 0.3) is 5.65 Å². The van der Waals surface area contributed by atoms with Crippen molar-refractivity contribution < 1.29 is 13.2 Å². The minimum Gasteiger partial charge on any atom is -0.336 e. The molecule has 170 valence electrons. The number of aromatic nitrogens is 3. The van der Waals surface area contributed by atoms with Gasteiger partial charge in [-0.05, 0) is 75.4 Å². The van der Waals surface area contributed by atoms with Crippen molar-refractivity contribution >= 4 is 21.6 Å². The van der Waals surface area contributed by atoms with E-state index in [1.807, 2.05) is 34.6 Å². The van der Waals surface area contributed by atoms with E-state index in [0.29, 0.717) is 34.9 Å². The molecule has 0 atom stereocenters. The number of piperazine rings is 1. The maximum atomic E-state index is 13.6. The summed E-state index contributed by atoms with van der Waals surface area (Å²) in [5, 5.41) is 4.37. The minimum atomic E-state index is -3.66. The number of nitrogens with zero attached hydrogens (tertiary/aromatic N) is 5. The quantitative estimate of drug-likeness (QED) is 0.606. The second-order valence-corrected chi connectivity index (χ2v) is 10.4. The lowest BCUT2D eigenvalue weighted by atomic mass is 9.95. The Hall–Kier alpha value is -2.78. The zero-order valence-electron chi connectivity index (χ0n) is 19.4. The predicted octanol–water partition coefficient (Wildman–Crippen LogP) is 2.73. The van der Waals surface area contributed by atoms with Crippen LogP contribution in [0, 0.1) is 41.5 Å². The third-order valence-electron chi connectivity index (χ3n) is 6.84. The molecule has 0 unspecified atom stereocenters. The first kappa shape index (κ1) is 22.4. The van der Waals surface area contributed by atoms with E-state index in [1.54, 1.807) is 34.8 Å². The molecule has 0 saturated carbocycles. The second kappa shape index (κ2) is 7.97. The van der Waals surface area contributed by atoms with Gasteiger partial charge in [-0.1, -0.05) is 0 Å². The van der Waals surface area contributed by atoms with Crippen molar-refractivity contribution in [2.45, 2.75) is 46.4 Å². The number of hydrogen-bond donors (Lipinski definition) is 0.